The SMILES string of the molecule is C=NC(=N/C=C(\C)C(C)(CNC(=O)c1ccccc1Cl)CC1CC1)C(F)(F)F. The summed E-state index contributed by atoms with van der Waals surface area (Å²) in [6.45, 7) is 6.81. The third-order valence-corrected chi connectivity index (χ3v) is 5.26. The first-order valence-electron chi connectivity index (χ1n) is 8.88. The first-order chi connectivity index (χ1) is 13.1. The molecule has 8 heteroatoms. The summed E-state index contributed by atoms with van der Waals surface area (Å²) >= 11 is 6.06. The Labute approximate surface area is 167 Å². The number of nitrogens with zero attached hydrogens (tertiary/aromatic N) is 2. The Morgan fingerprint density at radius 1 is 1.36 bits per heavy atom. The average molecular weight is 414 g/mol. The standard InChI is InChI=1S/C20H23ClF3N3O/c1-13(11-26-18(25-3)20(22,23)24)19(2,10-14-8-9-14)12-27-17(28)15-6-4-5-7-16(15)21/h4-7,11,14H,3,8-10,12H2,1-2H3,(H,27,28)/b13-11+,26-18?. The quantitative estimate of drug-likeness (QED) is 0.469. The largest absolute Gasteiger partial charge is 0.451 e. The van der Waals surface area contributed by atoms with Crippen molar-refractivity contribution in [3.63, 3.8) is 0 Å². The highest BCUT2D eigenvalue weighted by Crippen LogP contribution is 2.43. The fraction of sp³-hybridized carbons (Fsp3) is 0.450. The lowest BCUT2D eigenvalue weighted by molar-refractivity contribution is -0.0596. The number of alkyl halides is 3. The highest BCUT2D eigenvalue weighted by atomic mass is 35.5. The molecule has 1 saturated carbocycles. The van der Waals surface area contributed by atoms with Crippen molar-refractivity contribution in [2.24, 2.45) is 21.3 Å². The van der Waals surface area contributed by atoms with Gasteiger partial charge < -0.3 is 5.32 Å². The number of rotatable bonds is 7. The van der Waals surface area contributed by atoms with Gasteiger partial charge in [0.2, 0.25) is 5.84 Å². The van der Waals surface area contributed by atoms with Crippen LogP contribution in [0.15, 0.2) is 46.0 Å². The summed E-state index contributed by atoms with van der Waals surface area (Å²) < 4.78 is 38.4. The van der Waals surface area contributed by atoms with Gasteiger partial charge in [-0.25, -0.2) is 9.98 Å². The van der Waals surface area contributed by atoms with Crippen molar-refractivity contribution >= 4 is 30.1 Å². The minimum Gasteiger partial charge on any atom is -0.351 e. The van der Waals surface area contributed by atoms with Gasteiger partial charge in [-0.1, -0.05) is 43.5 Å². The van der Waals surface area contributed by atoms with Crippen molar-refractivity contribution in [1.29, 1.82) is 0 Å². The Hall–Kier alpha value is -2.15. The predicted octanol–water partition coefficient (Wildman–Crippen LogP) is 5.44. The first kappa shape index (κ1) is 22.1. The summed E-state index contributed by atoms with van der Waals surface area (Å²) in [6.07, 6.45) is -0.596. The molecule has 2 rings (SSSR count). The van der Waals surface area contributed by atoms with E-state index in [-0.39, 0.29) is 12.5 Å². The van der Waals surface area contributed by atoms with Crippen LogP contribution in [-0.2, 0) is 0 Å². The molecule has 0 saturated heterocycles. The van der Waals surface area contributed by atoms with Crippen LogP contribution in [0.4, 0.5) is 13.2 Å². The van der Waals surface area contributed by atoms with Gasteiger partial charge in [-0.2, -0.15) is 13.2 Å². The maximum Gasteiger partial charge on any atom is 0.451 e. The van der Waals surface area contributed by atoms with Gasteiger partial charge in [-0.05, 0) is 43.7 Å². The molecule has 1 amide bonds. The molecule has 1 fully saturated rings. The highest BCUT2D eigenvalue weighted by Gasteiger charge is 2.37. The number of benzene rings is 1. The van der Waals surface area contributed by atoms with Crippen molar-refractivity contribution in [1.82, 2.24) is 5.32 Å². The maximum absolute atomic E-state index is 12.8. The number of aliphatic imine (C=N–C) groups is 2. The number of carbonyl (C=O) groups is 1. The molecule has 1 aromatic rings. The first-order valence-corrected chi connectivity index (χ1v) is 9.26. The minimum absolute atomic E-state index is 0.258. The topological polar surface area (TPSA) is 53.8 Å². The van der Waals surface area contributed by atoms with Crippen molar-refractivity contribution in [3.8, 4) is 0 Å². The van der Waals surface area contributed by atoms with E-state index in [0.29, 0.717) is 22.1 Å². The number of halogens is 4. The zero-order chi connectivity index (χ0) is 20.9. The smallest absolute Gasteiger partial charge is 0.351 e. The van der Waals surface area contributed by atoms with E-state index < -0.39 is 17.4 Å². The summed E-state index contributed by atoms with van der Waals surface area (Å²) in [5.74, 6) is -1.12. The van der Waals surface area contributed by atoms with E-state index in [2.05, 4.69) is 22.0 Å². The number of nitrogens with one attached hydrogen (secondary N) is 1. The number of carbonyl (C=O) groups excluding carboxylic acids is 1. The summed E-state index contributed by atoms with van der Waals surface area (Å²) in [6, 6.07) is 6.69. The molecule has 1 N–H and O–H groups in total. The van der Waals surface area contributed by atoms with Crippen LogP contribution < -0.4 is 5.32 Å². The minimum atomic E-state index is -4.66. The lowest BCUT2D eigenvalue weighted by atomic mass is 9.78. The molecule has 1 atom stereocenters. The molecule has 1 aliphatic carbocycles. The molecule has 0 bridgehead atoms. The number of amides is 1. The van der Waals surface area contributed by atoms with Crippen molar-refractivity contribution in [2.75, 3.05) is 6.54 Å². The molecule has 0 aromatic heterocycles. The Kier molecular flexibility index (Phi) is 7.04. The van der Waals surface area contributed by atoms with Gasteiger partial charge in [0.1, 0.15) is 0 Å². The van der Waals surface area contributed by atoms with Gasteiger partial charge in [-0.15, -0.1) is 0 Å². The van der Waals surface area contributed by atoms with E-state index in [9.17, 15) is 18.0 Å². The van der Waals surface area contributed by atoms with Gasteiger partial charge in [0.25, 0.3) is 5.91 Å². The van der Waals surface area contributed by atoms with Gasteiger partial charge >= 0.3 is 6.18 Å². The molecular weight excluding hydrogens is 391 g/mol. The van der Waals surface area contributed by atoms with Crippen molar-refractivity contribution < 1.29 is 18.0 Å². The van der Waals surface area contributed by atoms with E-state index in [1.165, 1.54) is 6.20 Å². The summed E-state index contributed by atoms with van der Waals surface area (Å²) in [5, 5.41) is 3.20. The lowest BCUT2D eigenvalue weighted by Crippen LogP contribution is -2.37. The second-order valence-corrected chi connectivity index (χ2v) is 7.70. The summed E-state index contributed by atoms with van der Waals surface area (Å²) in [7, 11) is 0. The third-order valence-electron chi connectivity index (χ3n) is 4.93. The molecule has 1 aliphatic rings. The molecular formula is C20H23ClF3N3O. The van der Waals surface area contributed by atoms with Crippen LogP contribution in [0.1, 0.15) is 43.5 Å². The molecule has 4 nitrogen and oxygen atoms in total. The van der Waals surface area contributed by atoms with Crippen LogP contribution in [0, 0.1) is 11.3 Å². The molecule has 1 unspecified atom stereocenters. The van der Waals surface area contributed by atoms with E-state index in [1.807, 2.05) is 6.92 Å². The van der Waals surface area contributed by atoms with Crippen molar-refractivity contribution in [2.45, 2.75) is 39.3 Å². The number of hydrogen-bond donors (Lipinski definition) is 1. The zero-order valence-corrected chi connectivity index (χ0v) is 16.6. The molecule has 28 heavy (non-hydrogen) atoms. The van der Waals surface area contributed by atoms with Gasteiger partial charge in [-0.3, -0.25) is 4.79 Å². The number of amidine groups is 1. The zero-order valence-electron chi connectivity index (χ0n) is 15.8. The van der Waals surface area contributed by atoms with Crippen LogP contribution in [-0.4, -0.2) is 31.2 Å². The van der Waals surface area contributed by atoms with E-state index in [1.54, 1.807) is 31.2 Å². The molecule has 152 valence electrons. The van der Waals surface area contributed by atoms with Crippen LogP contribution in [0.3, 0.4) is 0 Å². The van der Waals surface area contributed by atoms with Gasteiger partial charge in [0.05, 0.1) is 10.6 Å². The average Bonchev–Trinajstić information content (AvgIpc) is 3.43. The third kappa shape index (κ3) is 5.92. The summed E-state index contributed by atoms with van der Waals surface area (Å²) in [4.78, 5) is 18.9. The normalized spacial score (nSPS) is 17.8. The predicted molar refractivity (Wildman–Crippen MR) is 106 cm³/mol. The van der Waals surface area contributed by atoms with E-state index in [0.717, 1.165) is 19.3 Å². The fourth-order valence-corrected chi connectivity index (χ4v) is 3.09. The molecule has 0 spiro atoms. The lowest BCUT2D eigenvalue weighted by Gasteiger charge is -2.31. The molecule has 0 radical (unpaired) electrons. The fourth-order valence-electron chi connectivity index (χ4n) is 2.87. The van der Waals surface area contributed by atoms with Crippen LogP contribution in [0.25, 0.3) is 0 Å². The monoisotopic (exact) mass is 413 g/mol. The number of hydrogen-bond acceptors (Lipinski definition) is 2. The Morgan fingerprint density at radius 3 is 2.54 bits per heavy atom. The van der Waals surface area contributed by atoms with E-state index >= 15 is 0 Å². The van der Waals surface area contributed by atoms with Crippen LogP contribution >= 0.6 is 11.6 Å². The van der Waals surface area contributed by atoms with Gasteiger partial charge in [0, 0.05) is 18.2 Å². The van der Waals surface area contributed by atoms with E-state index in [4.69, 9.17) is 11.6 Å². The second kappa shape index (κ2) is 8.90. The maximum atomic E-state index is 12.8. The molecule has 1 aromatic carbocycles. The Morgan fingerprint density at radius 2 is 2.00 bits per heavy atom. The van der Waals surface area contributed by atoms with Crippen LogP contribution in [0.2, 0.25) is 5.02 Å². The second-order valence-electron chi connectivity index (χ2n) is 7.29. The summed E-state index contributed by atoms with van der Waals surface area (Å²) in [5.41, 5.74) is 0.441. The van der Waals surface area contributed by atoms with Crippen LogP contribution in [0.5, 0.6) is 0 Å². The molecule has 0 heterocycles. The highest BCUT2D eigenvalue weighted by molar-refractivity contribution is 6.33. The Balaban J connectivity index is 2.19. The molecule has 0 aliphatic heterocycles. The Bertz CT molecular complexity index is 800. The van der Waals surface area contributed by atoms with Crippen molar-refractivity contribution in [3.05, 3.63) is 46.6 Å². The van der Waals surface area contributed by atoms with Gasteiger partial charge in [0.15, 0.2) is 0 Å².